The topological polar surface area (TPSA) is 49.9 Å². The summed E-state index contributed by atoms with van der Waals surface area (Å²) in [7, 11) is 0. The van der Waals surface area contributed by atoms with E-state index < -0.39 is 0 Å². The Balaban J connectivity index is 1.85. The fourth-order valence-corrected chi connectivity index (χ4v) is 2.33. The summed E-state index contributed by atoms with van der Waals surface area (Å²) in [6.45, 7) is 6.05. The van der Waals surface area contributed by atoms with Crippen LogP contribution >= 0.6 is 0 Å². The van der Waals surface area contributed by atoms with Gasteiger partial charge in [-0.05, 0) is 18.6 Å². The summed E-state index contributed by atoms with van der Waals surface area (Å²) in [6, 6.07) is 7.62. The highest BCUT2D eigenvalue weighted by atomic mass is 16.6. The molecule has 1 amide bonds. The fraction of sp³-hybridized carbons (Fsp3) is 0.467. The first-order valence-corrected chi connectivity index (χ1v) is 6.91. The van der Waals surface area contributed by atoms with Gasteiger partial charge in [-0.3, -0.25) is 9.69 Å². The number of nitrogens with zero attached hydrogens (tertiary/aromatic N) is 2. The summed E-state index contributed by atoms with van der Waals surface area (Å²) in [5, 5.41) is 0. The van der Waals surface area contributed by atoms with Crippen LogP contribution in [0, 0.1) is 0 Å². The number of piperazine rings is 1. The summed E-state index contributed by atoms with van der Waals surface area (Å²) in [5.74, 6) is 0. The number of amides is 1. The molecular weight excluding hydrogens is 256 g/mol. The van der Waals surface area contributed by atoms with Crippen molar-refractivity contribution in [3.8, 4) is 0 Å². The number of rotatable bonds is 4. The molecule has 5 heteroatoms. The van der Waals surface area contributed by atoms with Gasteiger partial charge in [0.1, 0.15) is 6.29 Å². The molecule has 2 rings (SSSR count). The second kappa shape index (κ2) is 7.05. The van der Waals surface area contributed by atoms with Crippen LogP contribution in [0.25, 0.3) is 0 Å². The summed E-state index contributed by atoms with van der Waals surface area (Å²) in [6.07, 6.45) is 0.637. The van der Waals surface area contributed by atoms with Gasteiger partial charge in [0.2, 0.25) is 0 Å². The molecule has 5 nitrogen and oxygen atoms in total. The highest BCUT2D eigenvalue weighted by Gasteiger charge is 2.21. The van der Waals surface area contributed by atoms with Crippen molar-refractivity contribution < 1.29 is 14.3 Å². The van der Waals surface area contributed by atoms with Crippen LogP contribution in [0.5, 0.6) is 0 Å². The minimum Gasteiger partial charge on any atom is -0.450 e. The number of aldehydes is 1. The Morgan fingerprint density at radius 3 is 2.70 bits per heavy atom. The van der Waals surface area contributed by atoms with Gasteiger partial charge >= 0.3 is 6.09 Å². The number of ether oxygens (including phenoxy) is 1. The molecular formula is C15H20N2O3. The molecule has 1 heterocycles. The zero-order chi connectivity index (χ0) is 14.4. The van der Waals surface area contributed by atoms with Gasteiger partial charge in [-0.15, -0.1) is 0 Å². The first-order valence-electron chi connectivity index (χ1n) is 6.91. The minimum atomic E-state index is -0.227. The number of hydrogen-bond donors (Lipinski definition) is 0. The molecule has 1 saturated heterocycles. The highest BCUT2D eigenvalue weighted by molar-refractivity contribution is 5.74. The Bertz CT molecular complexity index is 468. The Kier molecular flexibility index (Phi) is 5.12. The Labute approximate surface area is 119 Å². The Morgan fingerprint density at radius 1 is 1.30 bits per heavy atom. The van der Waals surface area contributed by atoms with Crippen LogP contribution in [0.1, 0.15) is 22.8 Å². The second-order valence-corrected chi connectivity index (χ2v) is 4.83. The third-order valence-electron chi connectivity index (χ3n) is 3.39. The summed E-state index contributed by atoms with van der Waals surface area (Å²) < 4.78 is 4.99. The molecule has 1 aliphatic rings. The maximum Gasteiger partial charge on any atom is 0.409 e. The van der Waals surface area contributed by atoms with E-state index in [1.165, 1.54) is 0 Å². The predicted octanol–water partition coefficient (Wildman–Crippen LogP) is 1.77. The van der Waals surface area contributed by atoms with E-state index in [1.54, 1.807) is 11.0 Å². The van der Waals surface area contributed by atoms with Gasteiger partial charge in [-0.1, -0.05) is 18.2 Å². The molecule has 1 fully saturated rings. The van der Waals surface area contributed by atoms with E-state index in [-0.39, 0.29) is 6.09 Å². The van der Waals surface area contributed by atoms with Gasteiger partial charge < -0.3 is 9.64 Å². The van der Waals surface area contributed by atoms with Crippen molar-refractivity contribution in [2.75, 3.05) is 32.8 Å². The van der Waals surface area contributed by atoms with Crippen molar-refractivity contribution in [3.63, 3.8) is 0 Å². The van der Waals surface area contributed by atoms with E-state index in [0.29, 0.717) is 25.3 Å². The first kappa shape index (κ1) is 14.5. The number of benzene rings is 1. The molecule has 0 aliphatic carbocycles. The van der Waals surface area contributed by atoms with Crippen molar-refractivity contribution in [2.24, 2.45) is 0 Å². The normalized spacial score (nSPS) is 15.9. The van der Waals surface area contributed by atoms with E-state index in [2.05, 4.69) is 4.90 Å². The number of carbonyl (C=O) groups excluding carboxylic acids is 2. The molecule has 0 radical (unpaired) electrons. The Morgan fingerprint density at radius 2 is 2.05 bits per heavy atom. The summed E-state index contributed by atoms with van der Waals surface area (Å²) >= 11 is 0. The van der Waals surface area contributed by atoms with Gasteiger partial charge in [0, 0.05) is 38.3 Å². The van der Waals surface area contributed by atoms with Crippen molar-refractivity contribution in [1.82, 2.24) is 9.80 Å². The molecule has 0 unspecified atom stereocenters. The van der Waals surface area contributed by atoms with Crippen molar-refractivity contribution >= 4 is 12.4 Å². The van der Waals surface area contributed by atoms with Gasteiger partial charge in [0.25, 0.3) is 0 Å². The van der Waals surface area contributed by atoms with Crippen LogP contribution in [0.3, 0.4) is 0 Å². The van der Waals surface area contributed by atoms with Crippen molar-refractivity contribution in [3.05, 3.63) is 35.4 Å². The molecule has 20 heavy (non-hydrogen) atoms. The van der Waals surface area contributed by atoms with Crippen LogP contribution in [0.15, 0.2) is 24.3 Å². The van der Waals surface area contributed by atoms with E-state index in [9.17, 15) is 9.59 Å². The molecule has 0 N–H and O–H groups in total. The Hall–Kier alpha value is -1.88. The smallest absolute Gasteiger partial charge is 0.409 e. The van der Waals surface area contributed by atoms with Crippen molar-refractivity contribution in [2.45, 2.75) is 13.5 Å². The van der Waals surface area contributed by atoms with Gasteiger partial charge in [0.05, 0.1) is 6.61 Å². The fourth-order valence-electron chi connectivity index (χ4n) is 2.33. The monoisotopic (exact) mass is 276 g/mol. The highest BCUT2D eigenvalue weighted by Crippen LogP contribution is 2.10. The van der Waals surface area contributed by atoms with E-state index in [4.69, 9.17) is 4.74 Å². The predicted molar refractivity (Wildman–Crippen MR) is 75.7 cm³/mol. The van der Waals surface area contributed by atoms with Gasteiger partial charge in [0.15, 0.2) is 0 Å². The molecule has 1 aromatic carbocycles. The quantitative estimate of drug-likeness (QED) is 0.786. The molecule has 108 valence electrons. The molecule has 1 aromatic rings. The molecule has 0 atom stereocenters. The molecule has 0 aromatic heterocycles. The summed E-state index contributed by atoms with van der Waals surface area (Å²) in [5.41, 5.74) is 1.83. The van der Waals surface area contributed by atoms with E-state index in [1.807, 2.05) is 25.1 Å². The van der Waals surface area contributed by atoms with Crippen LogP contribution in [-0.2, 0) is 11.3 Å². The minimum absolute atomic E-state index is 0.227. The number of hydrogen-bond acceptors (Lipinski definition) is 4. The first-order chi connectivity index (χ1) is 9.72. The standard InChI is InChI=1S/C15H20N2O3/c1-2-20-15(19)17-8-6-16(7-9-17)11-13-4-3-5-14(10-13)12-18/h3-5,10,12H,2,6-9,11H2,1H3. The lowest BCUT2D eigenvalue weighted by Gasteiger charge is -2.34. The average Bonchev–Trinajstić information content (AvgIpc) is 2.48. The third kappa shape index (κ3) is 3.81. The number of carbonyl (C=O) groups is 2. The van der Waals surface area contributed by atoms with E-state index >= 15 is 0 Å². The maximum atomic E-state index is 11.6. The molecule has 0 bridgehead atoms. The molecule has 1 aliphatic heterocycles. The van der Waals surface area contributed by atoms with Crippen molar-refractivity contribution in [1.29, 1.82) is 0 Å². The lowest BCUT2D eigenvalue weighted by atomic mass is 10.1. The molecule has 0 spiro atoms. The average molecular weight is 276 g/mol. The SMILES string of the molecule is CCOC(=O)N1CCN(Cc2cccc(C=O)c2)CC1. The lowest BCUT2D eigenvalue weighted by molar-refractivity contribution is 0.0778. The summed E-state index contributed by atoms with van der Waals surface area (Å²) in [4.78, 5) is 26.4. The third-order valence-corrected chi connectivity index (χ3v) is 3.39. The zero-order valence-corrected chi connectivity index (χ0v) is 11.7. The largest absolute Gasteiger partial charge is 0.450 e. The van der Waals surface area contributed by atoms with Crippen LogP contribution < -0.4 is 0 Å². The van der Waals surface area contributed by atoms with Crippen LogP contribution in [-0.4, -0.2) is 55.0 Å². The lowest BCUT2D eigenvalue weighted by Crippen LogP contribution is -2.48. The zero-order valence-electron chi connectivity index (χ0n) is 11.7. The van der Waals surface area contributed by atoms with Crippen LogP contribution in [0.4, 0.5) is 4.79 Å². The second-order valence-electron chi connectivity index (χ2n) is 4.83. The van der Waals surface area contributed by atoms with Gasteiger partial charge in [-0.2, -0.15) is 0 Å². The molecule has 0 saturated carbocycles. The van der Waals surface area contributed by atoms with Crippen LogP contribution in [0.2, 0.25) is 0 Å². The maximum absolute atomic E-state index is 11.6. The van der Waals surface area contributed by atoms with E-state index in [0.717, 1.165) is 31.5 Å². The van der Waals surface area contributed by atoms with Gasteiger partial charge in [-0.25, -0.2) is 4.79 Å².